The Morgan fingerprint density at radius 3 is 1.72 bits per heavy atom. The molecule has 2 aliphatic heterocycles. The number of unbranched alkanes of at least 4 members (excludes halogenated alkanes) is 9. The summed E-state index contributed by atoms with van der Waals surface area (Å²) >= 11 is 0. The zero-order chi connectivity index (χ0) is 53.6. The standard InChI is InChI=1S/C45H82N4O22/c1-5-8-9-10-11-12-13-14-15-16-17-47-20-27(55)38-35(49-32(58)7-3)26(54)19-45(70-38,43(65)66)68-29(21-50)36(59)39-33(46)25(53)18-44(71-39,42(63)64)69-30(22-51)37(60)40(67-23-28(56)41(61)62)34(24(4)52)48-31(57)6-2/h24-30,33-40,47,50-56,59-60H,5-23,46H2,1-4H3,(H,48,57)(H,49,58)(H,61,62)(H,63,64)(H,65,66)/t24?,25?,26?,27?,28-,29?,30?,33?,34?,35?,36?,37?,38?,39?,40?,44?,45?/m1/s1. The molecule has 16 unspecified atom stereocenters. The molecule has 2 rings (SSSR count). The van der Waals surface area contributed by atoms with E-state index in [1.165, 1.54) is 46.0 Å². The van der Waals surface area contributed by atoms with Gasteiger partial charge in [0.2, 0.25) is 11.8 Å². The number of hydrogen-bond donors (Lipinski definition) is 16. The zero-order valence-corrected chi connectivity index (χ0v) is 41.1. The van der Waals surface area contributed by atoms with E-state index < -0.39 is 165 Å². The average molecular weight is 1030 g/mol. The highest BCUT2D eigenvalue weighted by atomic mass is 16.8. The lowest BCUT2D eigenvalue weighted by Gasteiger charge is -2.49. The van der Waals surface area contributed by atoms with E-state index >= 15 is 0 Å². The normalized spacial score (nSPS) is 28.6. The topological polar surface area (TPSA) is 436 Å². The van der Waals surface area contributed by atoms with Gasteiger partial charge in [0.15, 0.2) is 6.10 Å². The highest BCUT2D eigenvalue weighted by Crippen LogP contribution is 2.38. The van der Waals surface area contributed by atoms with Crippen LogP contribution in [0, 0.1) is 0 Å². The van der Waals surface area contributed by atoms with Gasteiger partial charge in [0.1, 0.15) is 42.7 Å². The van der Waals surface area contributed by atoms with Crippen LogP contribution in [0.1, 0.15) is 118 Å². The molecule has 17 N–H and O–H groups in total. The number of nitrogens with one attached hydrogen (secondary N) is 3. The van der Waals surface area contributed by atoms with E-state index in [1.54, 1.807) is 0 Å². The molecule has 0 bridgehead atoms. The van der Waals surface area contributed by atoms with Gasteiger partial charge < -0.3 is 107 Å². The summed E-state index contributed by atoms with van der Waals surface area (Å²) in [7, 11) is 0. The zero-order valence-electron chi connectivity index (χ0n) is 41.1. The summed E-state index contributed by atoms with van der Waals surface area (Å²) in [6.45, 7) is 2.80. The van der Waals surface area contributed by atoms with Gasteiger partial charge in [-0.3, -0.25) is 9.59 Å². The summed E-state index contributed by atoms with van der Waals surface area (Å²) < 4.78 is 28.4. The SMILES string of the molecule is CCCCCCCCCCCCNCC(O)C1OC(OC(CO)C(O)C2OC(OC(CO)C(O)C(OC[C@@H](O)C(=O)O)C(NC(=O)CC)C(C)O)(C(=O)O)CC(O)C2N)(C(=O)O)CC(O)C1NC(=O)CC. The van der Waals surface area contributed by atoms with Crippen LogP contribution in [-0.4, -0.2) is 227 Å². The van der Waals surface area contributed by atoms with Gasteiger partial charge in [-0.05, 0) is 19.9 Å². The van der Waals surface area contributed by atoms with Crippen molar-refractivity contribution < 1.29 is 109 Å². The number of carboxylic acid groups (broad SMARTS) is 3. The first-order chi connectivity index (χ1) is 33.5. The predicted molar refractivity (Wildman–Crippen MR) is 246 cm³/mol. The molecular weight excluding hydrogens is 949 g/mol. The highest BCUT2D eigenvalue weighted by Gasteiger charge is 2.60. The maximum absolute atomic E-state index is 13.1. The monoisotopic (exact) mass is 1030 g/mol. The van der Waals surface area contributed by atoms with E-state index in [-0.39, 0.29) is 19.4 Å². The van der Waals surface area contributed by atoms with Crippen molar-refractivity contribution in [2.75, 3.05) is 32.9 Å². The lowest BCUT2D eigenvalue weighted by molar-refractivity contribution is -0.350. The molecule has 0 radical (unpaired) electrons. The Hall–Kier alpha value is -3.29. The van der Waals surface area contributed by atoms with Crippen molar-refractivity contribution in [3.63, 3.8) is 0 Å². The number of rotatable bonds is 36. The molecule has 26 heteroatoms. The summed E-state index contributed by atoms with van der Waals surface area (Å²) in [4.78, 5) is 62.6. The fraction of sp³-hybridized carbons (Fsp3) is 0.889. The van der Waals surface area contributed by atoms with E-state index in [0.29, 0.717) is 6.54 Å². The second-order valence-corrected chi connectivity index (χ2v) is 18.3. The van der Waals surface area contributed by atoms with Crippen LogP contribution in [0.15, 0.2) is 0 Å². The summed E-state index contributed by atoms with van der Waals surface area (Å²) in [6, 6.07) is -4.81. The Labute approximate surface area is 413 Å². The van der Waals surface area contributed by atoms with Crippen LogP contribution in [0.4, 0.5) is 0 Å². The van der Waals surface area contributed by atoms with Crippen molar-refractivity contribution >= 4 is 29.7 Å². The lowest BCUT2D eigenvalue weighted by atomic mass is 9.88. The first kappa shape index (κ1) is 63.8. The van der Waals surface area contributed by atoms with Crippen LogP contribution in [0.2, 0.25) is 0 Å². The first-order valence-electron chi connectivity index (χ1n) is 24.6. The van der Waals surface area contributed by atoms with Crippen LogP contribution in [0.3, 0.4) is 0 Å². The number of hydrogen-bond acceptors (Lipinski definition) is 21. The molecule has 2 heterocycles. The molecule has 0 saturated carbocycles. The van der Waals surface area contributed by atoms with Crippen molar-refractivity contribution in [3.8, 4) is 0 Å². The molecule has 2 aliphatic rings. The minimum Gasteiger partial charge on any atom is -0.479 e. The van der Waals surface area contributed by atoms with Crippen molar-refractivity contribution in [1.29, 1.82) is 0 Å². The molecule has 26 nitrogen and oxygen atoms in total. The number of amides is 2. The smallest absolute Gasteiger partial charge is 0.364 e. The van der Waals surface area contributed by atoms with E-state index in [2.05, 4.69) is 22.9 Å². The van der Waals surface area contributed by atoms with Gasteiger partial charge in [-0.1, -0.05) is 78.6 Å². The fourth-order valence-electron chi connectivity index (χ4n) is 8.45. The van der Waals surface area contributed by atoms with E-state index in [1.807, 2.05) is 0 Å². The van der Waals surface area contributed by atoms with Crippen molar-refractivity contribution in [1.82, 2.24) is 16.0 Å². The van der Waals surface area contributed by atoms with Gasteiger partial charge in [-0.2, -0.15) is 0 Å². The summed E-state index contributed by atoms with van der Waals surface area (Å²) in [5.41, 5.74) is 6.19. The maximum atomic E-state index is 13.1. The molecule has 0 aliphatic carbocycles. The number of aliphatic hydroxyl groups excluding tert-OH is 9. The minimum absolute atomic E-state index is 0.0692. The van der Waals surface area contributed by atoms with Crippen LogP contribution in [-0.2, 0) is 47.7 Å². The van der Waals surface area contributed by atoms with E-state index in [4.69, 9.17) is 29.4 Å². The average Bonchev–Trinajstić information content (AvgIpc) is 3.33. The Kier molecular flexibility index (Phi) is 28.3. The third kappa shape index (κ3) is 18.9. The number of carbonyl (C=O) groups excluding carboxylic acids is 2. The molecule has 71 heavy (non-hydrogen) atoms. The number of ether oxygens (including phenoxy) is 5. The minimum atomic E-state index is -3.20. The lowest BCUT2D eigenvalue weighted by Crippen LogP contribution is -2.70. The molecule has 414 valence electrons. The van der Waals surface area contributed by atoms with Gasteiger partial charge in [-0.25, -0.2) is 14.4 Å². The van der Waals surface area contributed by atoms with Crippen molar-refractivity contribution in [2.45, 2.75) is 221 Å². The number of aliphatic hydroxyl groups is 9. The summed E-state index contributed by atoms with van der Waals surface area (Å²) in [5, 5.41) is 137. The van der Waals surface area contributed by atoms with Gasteiger partial charge in [0, 0.05) is 32.2 Å². The molecule has 0 aromatic rings. The summed E-state index contributed by atoms with van der Waals surface area (Å²) in [5.74, 6) is -13.3. The van der Waals surface area contributed by atoms with Crippen LogP contribution < -0.4 is 21.7 Å². The third-order valence-electron chi connectivity index (χ3n) is 12.7. The number of nitrogens with two attached hydrogens (primary N) is 1. The van der Waals surface area contributed by atoms with E-state index in [9.17, 15) is 85.3 Å². The fourth-order valence-corrected chi connectivity index (χ4v) is 8.45. The Morgan fingerprint density at radius 1 is 0.718 bits per heavy atom. The molecule has 0 aromatic heterocycles. The van der Waals surface area contributed by atoms with Crippen LogP contribution >= 0.6 is 0 Å². The van der Waals surface area contributed by atoms with Gasteiger partial charge in [-0.15, -0.1) is 0 Å². The Morgan fingerprint density at radius 2 is 1.23 bits per heavy atom. The molecule has 2 saturated heterocycles. The second kappa shape index (κ2) is 31.4. The van der Waals surface area contributed by atoms with Gasteiger partial charge >= 0.3 is 17.9 Å². The Balaban J connectivity index is 2.42. The van der Waals surface area contributed by atoms with Gasteiger partial charge in [0.25, 0.3) is 11.6 Å². The molecule has 0 aromatic carbocycles. The van der Waals surface area contributed by atoms with Crippen LogP contribution in [0.5, 0.6) is 0 Å². The second-order valence-electron chi connectivity index (χ2n) is 18.3. The molecule has 2 fully saturated rings. The van der Waals surface area contributed by atoms with Crippen LogP contribution in [0.25, 0.3) is 0 Å². The quantitative estimate of drug-likeness (QED) is 0.0271. The number of carbonyl (C=O) groups is 5. The summed E-state index contributed by atoms with van der Waals surface area (Å²) in [6.07, 6.45) is -15.6. The predicted octanol–water partition coefficient (Wildman–Crippen LogP) is -3.48. The molecule has 17 atom stereocenters. The van der Waals surface area contributed by atoms with E-state index in [0.717, 1.165) is 39.0 Å². The third-order valence-corrected chi connectivity index (χ3v) is 12.7. The molecule has 2 amide bonds. The molecule has 0 spiro atoms. The van der Waals surface area contributed by atoms with Crippen molar-refractivity contribution in [3.05, 3.63) is 0 Å². The van der Waals surface area contributed by atoms with Gasteiger partial charge in [0.05, 0.1) is 62.4 Å². The maximum Gasteiger partial charge on any atom is 0.364 e. The number of aliphatic carboxylic acids is 3. The Bertz CT molecular complexity index is 1620. The number of carboxylic acids is 3. The highest BCUT2D eigenvalue weighted by molar-refractivity contribution is 5.78. The molecular formula is C45H82N4O22. The van der Waals surface area contributed by atoms with Crippen molar-refractivity contribution in [2.24, 2.45) is 5.73 Å². The first-order valence-corrected chi connectivity index (χ1v) is 24.6. The largest absolute Gasteiger partial charge is 0.479 e.